The van der Waals surface area contributed by atoms with Crippen LogP contribution >= 0.6 is 0 Å². The van der Waals surface area contributed by atoms with Gasteiger partial charge in [-0.05, 0) is 20.2 Å². The first kappa shape index (κ1) is 17.5. The number of benzene rings is 1. The summed E-state index contributed by atoms with van der Waals surface area (Å²) in [5.74, 6) is 0. The average molecular weight is 337 g/mol. The number of rotatable bonds is 8. The van der Waals surface area contributed by atoms with Crippen molar-refractivity contribution in [3.63, 3.8) is 0 Å². The summed E-state index contributed by atoms with van der Waals surface area (Å²) in [6.45, 7) is 2.53. The fourth-order valence-corrected chi connectivity index (χ4v) is 2.90. The first-order valence-electron chi connectivity index (χ1n) is 7.33. The Bertz CT molecular complexity index is 742. The van der Waals surface area contributed by atoms with E-state index in [-0.39, 0.29) is 0 Å². The first-order valence-corrected chi connectivity index (χ1v) is 9.22. The van der Waals surface area contributed by atoms with Gasteiger partial charge in [0.15, 0.2) is 0 Å². The molecule has 1 aromatic carbocycles. The van der Waals surface area contributed by atoms with Crippen molar-refractivity contribution < 1.29 is 8.42 Å². The Morgan fingerprint density at radius 2 is 2.04 bits per heavy atom. The third-order valence-electron chi connectivity index (χ3n) is 3.39. The van der Waals surface area contributed by atoms with E-state index in [9.17, 15) is 8.42 Å². The Morgan fingerprint density at radius 1 is 1.30 bits per heavy atom. The zero-order valence-corrected chi connectivity index (χ0v) is 14.4. The van der Waals surface area contributed by atoms with Crippen LogP contribution in [0, 0.1) is 0 Å². The second-order valence-electron chi connectivity index (χ2n) is 5.53. The standard InChI is InChI=1S/C15H23N5O2S/c1-16-8-9-20(2)11-12-10-17-18-15(12)13-6-4-5-7-14(13)19-23(3,21)22/h4-7,10,16,19H,8-9,11H2,1-3H3,(H,17,18). The average Bonchev–Trinajstić information content (AvgIpc) is 2.92. The molecule has 0 fully saturated rings. The molecule has 1 aromatic heterocycles. The molecule has 0 radical (unpaired) electrons. The first-order chi connectivity index (χ1) is 10.9. The van der Waals surface area contributed by atoms with E-state index in [0.29, 0.717) is 5.69 Å². The quantitative estimate of drug-likeness (QED) is 0.671. The van der Waals surface area contributed by atoms with Crippen LogP contribution in [0.1, 0.15) is 5.56 Å². The number of likely N-dealkylation sites (N-methyl/N-ethyl adjacent to an activating group) is 2. The molecule has 0 saturated carbocycles. The zero-order valence-electron chi connectivity index (χ0n) is 13.6. The van der Waals surface area contributed by atoms with Crippen LogP contribution in [-0.4, -0.2) is 57.0 Å². The van der Waals surface area contributed by atoms with Crippen molar-refractivity contribution in [3.8, 4) is 11.3 Å². The molecule has 0 bridgehead atoms. The molecular weight excluding hydrogens is 314 g/mol. The van der Waals surface area contributed by atoms with Gasteiger partial charge in [-0.15, -0.1) is 0 Å². The molecule has 2 rings (SSSR count). The summed E-state index contributed by atoms with van der Waals surface area (Å²) in [5, 5.41) is 10.2. The molecule has 0 saturated heterocycles. The number of nitrogens with zero attached hydrogens (tertiary/aromatic N) is 2. The monoisotopic (exact) mass is 337 g/mol. The number of aromatic nitrogens is 2. The smallest absolute Gasteiger partial charge is 0.229 e. The molecule has 23 heavy (non-hydrogen) atoms. The largest absolute Gasteiger partial charge is 0.318 e. The third kappa shape index (κ3) is 5.05. The van der Waals surface area contributed by atoms with Crippen molar-refractivity contribution in [2.24, 2.45) is 0 Å². The molecule has 0 unspecified atom stereocenters. The Labute approximate surface area is 137 Å². The number of sulfonamides is 1. The number of anilines is 1. The van der Waals surface area contributed by atoms with E-state index in [0.717, 1.165) is 42.7 Å². The van der Waals surface area contributed by atoms with Gasteiger partial charge in [0.1, 0.15) is 0 Å². The SMILES string of the molecule is CNCCN(C)Cc1cn[nH]c1-c1ccccc1NS(C)(=O)=O. The predicted molar refractivity (Wildman–Crippen MR) is 92.8 cm³/mol. The number of hydrogen-bond donors (Lipinski definition) is 3. The van der Waals surface area contributed by atoms with E-state index in [4.69, 9.17) is 0 Å². The van der Waals surface area contributed by atoms with Crippen molar-refractivity contribution >= 4 is 15.7 Å². The number of aromatic amines is 1. The van der Waals surface area contributed by atoms with Gasteiger partial charge < -0.3 is 10.2 Å². The lowest BCUT2D eigenvalue weighted by atomic mass is 10.1. The minimum Gasteiger partial charge on any atom is -0.318 e. The van der Waals surface area contributed by atoms with Crippen LogP contribution in [0.4, 0.5) is 5.69 Å². The van der Waals surface area contributed by atoms with Crippen LogP contribution in [0.15, 0.2) is 30.5 Å². The van der Waals surface area contributed by atoms with E-state index in [2.05, 4.69) is 25.1 Å². The van der Waals surface area contributed by atoms with Crippen LogP contribution < -0.4 is 10.0 Å². The molecule has 8 heteroatoms. The van der Waals surface area contributed by atoms with Crippen LogP contribution in [0.25, 0.3) is 11.3 Å². The lowest BCUT2D eigenvalue weighted by Crippen LogP contribution is -2.27. The van der Waals surface area contributed by atoms with Gasteiger partial charge in [-0.3, -0.25) is 9.82 Å². The van der Waals surface area contributed by atoms with Gasteiger partial charge in [0.2, 0.25) is 10.0 Å². The summed E-state index contributed by atoms with van der Waals surface area (Å²) < 4.78 is 25.7. The van der Waals surface area contributed by atoms with Gasteiger partial charge in [0, 0.05) is 30.8 Å². The third-order valence-corrected chi connectivity index (χ3v) is 3.98. The number of H-pyrrole nitrogens is 1. The maximum atomic E-state index is 11.6. The minimum atomic E-state index is -3.34. The van der Waals surface area contributed by atoms with Crippen LogP contribution in [0.2, 0.25) is 0 Å². The lowest BCUT2D eigenvalue weighted by Gasteiger charge is -2.17. The lowest BCUT2D eigenvalue weighted by molar-refractivity contribution is 0.328. The Hall–Kier alpha value is -1.90. The van der Waals surface area contributed by atoms with Crippen molar-refractivity contribution in [3.05, 3.63) is 36.0 Å². The van der Waals surface area contributed by atoms with Crippen LogP contribution in [0.3, 0.4) is 0 Å². The molecule has 1 heterocycles. The molecule has 0 spiro atoms. The van der Waals surface area contributed by atoms with Gasteiger partial charge in [-0.2, -0.15) is 5.10 Å². The van der Waals surface area contributed by atoms with Crippen LogP contribution in [0.5, 0.6) is 0 Å². The van der Waals surface area contributed by atoms with E-state index >= 15 is 0 Å². The summed E-state index contributed by atoms with van der Waals surface area (Å²) in [7, 11) is 0.616. The second-order valence-corrected chi connectivity index (χ2v) is 7.28. The molecular formula is C15H23N5O2S. The van der Waals surface area contributed by atoms with Gasteiger partial charge in [0.05, 0.1) is 23.8 Å². The van der Waals surface area contributed by atoms with Crippen LogP contribution in [-0.2, 0) is 16.6 Å². The van der Waals surface area contributed by atoms with Gasteiger partial charge >= 0.3 is 0 Å². The van der Waals surface area contributed by atoms with Crippen molar-refractivity contribution in [2.45, 2.75) is 6.54 Å². The van der Waals surface area contributed by atoms with Gasteiger partial charge in [-0.1, -0.05) is 18.2 Å². The van der Waals surface area contributed by atoms with E-state index < -0.39 is 10.0 Å². The minimum absolute atomic E-state index is 0.540. The fourth-order valence-electron chi connectivity index (χ4n) is 2.33. The summed E-state index contributed by atoms with van der Waals surface area (Å²) in [5.41, 5.74) is 3.17. The molecule has 0 atom stereocenters. The highest BCUT2D eigenvalue weighted by Crippen LogP contribution is 2.29. The van der Waals surface area contributed by atoms with Gasteiger partial charge in [-0.25, -0.2) is 8.42 Å². The molecule has 3 N–H and O–H groups in total. The molecule has 0 amide bonds. The summed E-state index contributed by atoms with van der Waals surface area (Å²) in [6.07, 6.45) is 2.92. The van der Waals surface area contributed by atoms with E-state index in [1.807, 2.05) is 26.2 Å². The highest BCUT2D eigenvalue weighted by molar-refractivity contribution is 7.92. The maximum Gasteiger partial charge on any atom is 0.229 e. The van der Waals surface area contributed by atoms with E-state index in [1.165, 1.54) is 0 Å². The fraction of sp³-hybridized carbons (Fsp3) is 0.400. The Balaban J connectivity index is 2.28. The van der Waals surface area contributed by atoms with Crippen molar-refractivity contribution in [1.29, 1.82) is 0 Å². The van der Waals surface area contributed by atoms with E-state index in [1.54, 1.807) is 18.3 Å². The molecule has 0 aliphatic rings. The number of nitrogens with one attached hydrogen (secondary N) is 3. The molecule has 0 aliphatic heterocycles. The zero-order chi connectivity index (χ0) is 16.9. The maximum absolute atomic E-state index is 11.6. The Morgan fingerprint density at radius 3 is 2.74 bits per heavy atom. The second kappa shape index (κ2) is 7.58. The summed E-state index contributed by atoms with van der Waals surface area (Å²) in [6, 6.07) is 7.29. The highest BCUT2D eigenvalue weighted by Gasteiger charge is 2.14. The number of hydrogen-bond acceptors (Lipinski definition) is 5. The normalized spacial score (nSPS) is 11.8. The molecule has 126 valence electrons. The number of para-hydroxylation sites is 1. The predicted octanol–water partition coefficient (Wildman–Crippen LogP) is 1.10. The molecule has 7 nitrogen and oxygen atoms in total. The summed E-state index contributed by atoms with van der Waals surface area (Å²) in [4.78, 5) is 2.18. The highest BCUT2D eigenvalue weighted by atomic mass is 32.2. The van der Waals surface area contributed by atoms with Gasteiger partial charge in [0.25, 0.3) is 0 Å². The molecule has 2 aromatic rings. The van der Waals surface area contributed by atoms with Crippen molar-refractivity contribution in [2.75, 3.05) is 38.2 Å². The van der Waals surface area contributed by atoms with Crippen molar-refractivity contribution in [1.82, 2.24) is 20.4 Å². The molecule has 0 aliphatic carbocycles. The Kier molecular flexibility index (Phi) is 5.75. The topological polar surface area (TPSA) is 90.1 Å². The summed E-state index contributed by atoms with van der Waals surface area (Å²) >= 11 is 0.